The highest BCUT2D eigenvalue weighted by Crippen LogP contribution is 2.38. The number of benzene rings is 6. The maximum Gasteiger partial charge on any atom is 0.135 e. The Labute approximate surface area is 243 Å². The second kappa shape index (κ2) is 8.23. The molecule has 0 fully saturated rings. The van der Waals surface area contributed by atoms with E-state index in [9.17, 15) is 0 Å². The zero-order valence-electron chi connectivity index (χ0n) is 21.3. The minimum absolute atomic E-state index is 0.912. The fourth-order valence-electron chi connectivity index (χ4n) is 6.46. The van der Waals surface area contributed by atoms with Crippen LogP contribution in [-0.4, -0.2) is 9.13 Å². The van der Waals surface area contributed by atoms with Crippen LogP contribution in [0.3, 0.4) is 0 Å². The lowest BCUT2D eigenvalue weighted by atomic mass is 10.1. The first-order chi connectivity index (χ1) is 19.7. The molecule has 0 unspecified atom stereocenters. The van der Waals surface area contributed by atoms with Crippen molar-refractivity contribution in [2.24, 2.45) is 0 Å². The van der Waals surface area contributed by atoms with Gasteiger partial charge in [0, 0.05) is 47.3 Å². The normalized spacial score (nSPS) is 12.1. The quantitative estimate of drug-likeness (QED) is 0.176. The molecule has 3 nitrogen and oxygen atoms in total. The van der Waals surface area contributed by atoms with Crippen LogP contribution in [0.25, 0.3) is 76.9 Å². The Morgan fingerprint density at radius 2 is 0.850 bits per heavy atom. The average molecular weight is 624 g/mol. The van der Waals surface area contributed by atoms with Crippen LogP contribution in [-0.2, 0) is 0 Å². The molecule has 4 heteroatoms. The van der Waals surface area contributed by atoms with Crippen LogP contribution in [0, 0.1) is 3.57 Å². The summed E-state index contributed by atoms with van der Waals surface area (Å²) in [5.41, 5.74) is 8.95. The summed E-state index contributed by atoms with van der Waals surface area (Å²) < 4.78 is 12.1. The van der Waals surface area contributed by atoms with Crippen molar-refractivity contribution in [1.82, 2.24) is 9.13 Å². The van der Waals surface area contributed by atoms with Crippen LogP contribution in [0.1, 0.15) is 0 Å². The van der Waals surface area contributed by atoms with Crippen LogP contribution in [0.5, 0.6) is 0 Å². The molecule has 9 aromatic rings. The van der Waals surface area contributed by atoms with E-state index in [1.54, 1.807) is 0 Å². The summed E-state index contributed by atoms with van der Waals surface area (Å²) in [5.74, 6) is 0. The zero-order chi connectivity index (χ0) is 26.4. The van der Waals surface area contributed by atoms with Gasteiger partial charge in [0.05, 0.1) is 22.1 Å². The predicted octanol–water partition coefficient (Wildman–Crippen LogP) is 10.4. The molecular weight excluding hydrogens is 603 g/mol. The molecule has 6 aromatic carbocycles. The Morgan fingerprint density at radius 3 is 1.48 bits per heavy atom. The fraction of sp³-hybridized carbons (Fsp3) is 0. The van der Waals surface area contributed by atoms with Gasteiger partial charge < -0.3 is 13.6 Å². The van der Waals surface area contributed by atoms with Gasteiger partial charge in [-0.25, -0.2) is 0 Å². The summed E-state index contributed by atoms with van der Waals surface area (Å²) in [6, 6.07) is 45.8. The van der Waals surface area contributed by atoms with Crippen molar-refractivity contribution in [3.8, 4) is 11.4 Å². The van der Waals surface area contributed by atoms with Gasteiger partial charge in [-0.1, -0.05) is 54.6 Å². The maximum absolute atomic E-state index is 6.17. The highest BCUT2D eigenvalue weighted by molar-refractivity contribution is 14.1. The number of hydrogen-bond acceptors (Lipinski definition) is 1. The van der Waals surface area contributed by atoms with Gasteiger partial charge in [-0.05, 0) is 95.4 Å². The van der Waals surface area contributed by atoms with E-state index >= 15 is 0 Å². The van der Waals surface area contributed by atoms with E-state index in [0.29, 0.717) is 0 Å². The second-order valence-electron chi connectivity index (χ2n) is 10.3. The third-order valence-corrected chi connectivity index (χ3v) is 8.84. The van der Waals surface area contributed by atoms with Crippen LogP contribution < -0.4 is 0 Å². The number of hydrogen-bond donors (Lipinski definition) is 0. The fourth-order valence-corrected chi connectivity index (χ4v) is 6.95. The summed E-state index contributed by atoms with van der Waals surface area (Å²) in [6.45, 7) is 0. The number of fused-ring (bicyclic) bond motifs is 9. The smallest absolute Gasteiger partial charge is 0.135 e. The van der Waals surface area contributed by atoms with Crippen LogP contribution >= 0.6 is 22.6 Å². The van der Waals surface area contributed by atoms with Gasteiger partial charge in [0.15, 0.2) is 0 Å². The Bertz CT molecular complexity index is 2400. The van der Waals surface area contributed by atoms with Crippen LogP contribution in [0.2, 0.25) is 0 Å². The zero-order valence-corrected chi connectivity index (χ0v) is 23.5. The van der Waals surface area contributed by atoms with Crippen LogP contribution in [0.4, 0.5) is 0 Å². The van der Waals surface area contributed by atoms with E-state index < -0.39 is 0 Å². The largest absolute Gasteiger partial charge is 0.456 e. The van der Waals surface area contributed by atoms with E-state index in [0.717, 1.165) is 27.6 Å². The van der Waals surface area contributed by atoms with Crippen LogP contribution in [0.15, 0.2) is 132 Å². The number of furan rings is 1. The number of aromatic nitrogens is 2. The summed E-state index contributed by atoms with van der Waals surface area (Å²) >= 11 is 2.37. The van der Waals surface area contributed by atoms with Gasteiger partial charge in [-0.3, -0.25) is 0 Å². The Hall–Kier alpha value is -4.55. The first-order valence-electron chi connectivity index (χ1n) is 13.4. The average Bonchev–Trinajstić information content (AvgIpc) is 3.64. The second-order valence-corrected chi connectivity index (χ2v) is 11.6. The van der Waals surface area contributed by atoms with E-state index in [1.165, 1.54) is 52.9 Å². The van der Waals surface area contributed by atoms with E-state index in [1.807, 2.05) is 0 Å². The van der Waals surface area contributed by atoms with Gasteiger partial charge >= 0.3 is 0 Å². The van der Waals surface area contributed by atoms with Gasteiger partial charge in [-0.15, -0.1) is 0 Å². The van der Waals surface area contributed by atoms with Crippen molar-refractivity contribution in [1.29, 1.82) is 0 Å². The van der Waals surface area contributed by atoms with Crippen molar-refractivity contribution in [2.75, 3.05) is 0 Å². The molecule has 9 rings (SSSR count). The molecule has 0 aliphatic heterocycles. The summed E-state index contributed by atoms with van der Waals surface area (Å²) in [4.78, 5) is 0. The predicted molar refractivity (Wildman–Crippen MR) is 175 cm³/mol. The molecule has 188 valence electrons. The topological polar surface area (TPSA) is 23.0 Å². The Balaban J connectivity index is 1.33. The van der Waals surface area contributed by atoms with Crippen molar-refractivity contribution < 1.29 is 4.42 Å². The molecule has 0 atom stereocenters. The lowest BCUT2D eigenvalue weighted by Crippen LogP contribution is -1.95. The molecule has 3 heterocycles. The minimum Gasteiger partial charge on any atom is -0.456 e. The molecule has 0 saturated heterocycles. The molecule has 0 bridgehead atoms. The number of halogens is 1. The lowest BCUT2D eigenvalue weighted by Gasteiger charge is -2.10. The number of para-hydroxylation sites is 3. The maximum atomic E-state index is 6.17. The molecule has 0 aliphatic rings. The molecule has 0 amide bonds. The molecule has 0 N–H and O–H groups in total. The highest BCUT2D eigenvalue weighted by Gasteiger charge is 2.17. The molecule has 0 spiro atoms. The monoisotopic (exact) mass is 624 g/mol. The third-order valence-electron chi connectivity index (χ3n) is 8.17. The molecule has 0 aliphatic carbocycles. The van der Waals surface area contributed by atoms with Crippen molar-refractivity contribution in [3.05, 3.63) is 131 Å². The van der Waals surface area contributed by atoms with Crippen molar-refractivity contribution >= 4 is 88.1 Å². The SMILES string of the molecule is Ic1ccc2oc3ccc(-n4c5ccccc5c5cc(-n6c7ccccc7c7ccccc76)ccc54)cc3c2c1. The molecule has 3 aromatic heterocycles. The van der Waals surface area contributed by atoms with E-state index in [2.05, 4.69) is 159 Å². The lowest BCUT2D eigenvalue weighted by molar-refractivity contribution is 0.669. The first kappa shape index (κ1) is 22.3. The standard InChI is InChI=1S/C36H21IN2O/c37-22-13-17-35-29(19-22)30-21-24(15-18-36(30)40-35)39-33-12-6-3-9-27(33)28-20-23(14-16-34(28)39)38-31-10-4-1-7-25(31)26-8-2-5-11-32(26)38/h1-21H. The van der Waals surface area contributed by atoms with Gasteiger partial charge in [-0.2, -0.15) is 0 Å². The number of nitrogens with zero attached hydrogens (tertiary/aromatic N) is 2. The summed E-state index contributed by atoms with van der Waals surface area (Å²) in [6.07, 6.45) is 0. The van der Waals surface area contributed by atoms with Crippen molar-refractivity contribution in [3.63, 3.8) is 0 Å². The Morgan fingerprint density at radius 1 is 0.400 bits per heavy atom. The van der Waals surface area contributed by atoms with Gasteiger partial charge in [0.25, 0.3) is 0 Å². The highest BCUT2D eigenvalue weighted by atomic mass is 127. The van der Waals surface area contributed by atoms with Crippen molar-refractivity contribution in [2.45, 2.75) is 0 Å². The summed E-state index contributed by atoms with van der Waals surface area (Å²) in [5, 5.41) is 7.32. The van der Waals surface area contributed by atoms with Gasteiger partial charge in [0.2, 0.25) is 0 Å². The molecule has 0 saturated carbocycles. The third kappa shape index (κ3) is 3.05. The summed E-state index contributed by atoms with van der Waals surface area (Å²) in [7, 11) is 0. The van der Waals surface area contributed by atoms with E-state index in [-0.39, 0.29) is 0 Å². The molecule has 0 radical (unpaired) electrons. The first-order valence-corrected chi connectivity index (χ1v) is 14.5. The molecular formula is C36H21IN2O. The van der Waals surface area contributed by atoms with E-state index in [4.69, 9.17) is 4.42 Å². The van der Waals surface area contributed by atoms with Gasteiger partial charge in [0.1, 0.15) is 11.2 Å². The molecule has 40 heavy (non-hydrogen) atoms. The number of rotatable bonds is 2. The minimum atomic E-state index is 0.912. The Kier molecular flexibility index (Phi) is 4.58.